The molecule has 0 radical (unpaired) electrons. The number of hydrogen-bond donors (Lipinski definition) is 1. The van der Waals surface area contributed by atoms with Crippen LogP contribution in [0.3, 0.4) is 0 Å². The zero-order valence-corrected chi connectivity index (χ0v) is 12.4. The summed E-state index contributed by atoms with van der Waals surface area (Å²) in [5.74, 6) is 0. The van der Waals surface area contributed by atoms with Gasteiger partial charge in [0, 0.05) is 31.4 Å². The maximum atomic E-state index is 4.55. The summed E-state index contributed by atoms with van der Waals surface area (Å²) in [4.78, 5) is 6.89. The maximum absolute atomic E-state index is 4.55. The molecule has 1 aliphatic carbocycles. The molecule has 1 N–H and O–H groups in total. The SMILES string of the molecule is Cc1cccc(CN(C)CCNC2CCCCC2)n1. The highest BCUT2D eigenvalue weighted by Gasteiger charge is 2.12. The van der Waals surface area contributed by atoms with Gasteiger partial charge >= 0.3 is 0 Å². The Morgan fingerprint density at radius 1 is 1.26 bits per heavy atom. The van der Waals surface area contributed by atoms with Crippen molar-refractivity contribution in [2.24, 2.45) is 0 Å². The molecule has 0 aromatic carbocycles. The summed E-state index contributed by atoms with van der Waals surface area (Å²) in [6, 6.07) is 7.01. The second kappa shape index (κ2) is 7.61. The molecule has 0 spiro atoms. The number of hydrogen-bond acceptors (Lipinski definition) is 3. The van der Waals surface area contributed by atoms with Gasteiger partial charge in [-0.2, -0.15) is 0 Å². The van der Waals surface area contributed by atoms with Crippen molar-refractivity contribution in [1.82, 2.24) is 15.2 Å². The van der Waals surface area contributed by atoms with Crippen LogP contribution >= 0.6 is 0 Å². The predicted octanol–water partition coefficient (Wildman–Crippen LogP) is 2.74. The summed E-state index contributed by atoms with van der Waals surface area (Å²) >= 11 is 0. The molecule has 1 saturated carbocycles. The van der Waals surface area contributed by atoms with Gasteiger partial charge in [0.1, 0.15) is 0 Å². The number of pyridine rings is 1. The summed E-state index contributed by atoms with van der Waals surface area (Å²) < 4.78 is 0. The fourth-order valence-electron chi connectivity index (χ4n) is 2.81. The second-order valence-corrected chi connectivity index (χ2v) is 5.80. The number of nitrogens with zero attached hydrogens (tertiary/aromatic N) is 2. The van der Waals surface area contributed by atoms with E-state index in [0.29, 0.717) is 0 Å². The Morgan fingerprint density at radius 3 is 2.79 bits per heavy atom. The minimum atomic E-state index is 0.763. The van der Waals surface area contributed by atoms with Crippen LogP contribution in [-0.4, -0.2) is 36.1 Å². The van der Waals surface area contributed by atoms with Crippen LogP contribution in [0.15, 0.2) is 18.2 Å². The third-order valence-corrected chi connectivity index (χ3v) is 3.91. The average Bonchev–Trinajstić information content (AvgIpc) is 2.40. The molecule has 19 heavy (non-hydrogen) atoms. The lowest BCUT2D eigenvalue weighted by molar-refractivity contribution is 0.298. The summed E-state index contributed by atoms with van der Waals surface area (Å²) in [6.07, 6.45) is 6.96. The van der Waals surface area contributed by atoms with E-state index in [9.17, 15) is 0 Å². The van der Waals surface area contributed by atoms with Crippen molar-refractivity contribution in [3.05, 3.63) is 29.6 Å². The molecule has 1 aromatic rings. The molecule has 1 aromatic heterocycles. The Bertz CT molecular complexity index is 372. The van der Waals surface area contributed by atoms with Crippen molar-refractivity contribution in [1.29, 1.82) is 0 Å². The molecule has 0 atom stereocenters. The van der Waals surface area contributed by atoms with Crippen LogP contribution in [0.5, 0.6) is 0 Å². The van der Waals surface area contributed by atoms with Gasteiger partial charge in [0.15, 0.2) is 0 Å². The first-order valence-electron chi connectivity index (χ1n) is 7.58. The van der Waals surface area contributed by atoms with Crippen LogP contribution in [0.2, 0.25) is 0 Å². The van der Waals surface area contributed by atoms with Gasteiger partial charge in [0.25, 0.3) is 0 Å². The summed E-state index contributed by atoms with van der Waals surface area (Å²) in [5, 5.41) is 3.69. The Hall–Kier alpha value is -0.930. The smallest absolute Gasteiger partial charge is 0.0547 e. The second-order valence-electron chi connectivity index (χ2n) is 5.80. The molecule has 1 fully saturated rings. The van der Waals surface area contributed by atoms with E-state index in [4.69, 9.17) is 0 Å². The monoisotopic (exact) mass is 261 g/mol. The molecule has 1 aliphatic rings. The molecule has 1 heterocycles. The van der Waals surface area contributed by atoms with Crippen molar-refractivity contribution in [2.75, 3.05) is 20.1 Å². The third kappa shape index (κ3) is 5.29. The largest absolute Gasteiger partial charge is 0.313 e. The lowest BCUT2D eigenvalue weighted by atomic mass is 9.95. The summed E-state index contributed by atoms with van der Waals surface area (Å²) in [7, 11) is 2.17. The van der Waals surface area contributed by atoms with E-state index < -0.39 is 0 Å². The van der Waals surface area contributed by atoms with Crippen LogP contribution in [0.25, 0.3) is 0 Å². The van der Waals surface area contributed by atoms with Crippen molar-refractivity contribution < 1.29 is 0 Å². The lowest BCUT2D eigenvalue weighted by Gasteiger charge is -2.24. The van der Waals surface area contributed by atoms with Gasteiger partial charge in [-0.05, 0) is 38.9 Å². The minimum Gasteiger partial charge on any atom is -0.313 e. The number of rotatable bonds is 6. The van der Waals surface area contributed by atoms with Crippen molar-refractivity contribution in [2.45, 2.75) is 51.6 Å². The Labute approximate surface area is 117 Å². The lowest BCUT2D eigenvalue weighted by Crippen LogP contribution is -2.36. The average molecular weight is 261 g/mol. The minimum absolute atomic E-state index is 0.763. The molecule has 3 nitrogen and oxygen atoms in total. The van der Waals surface area contributed by atoms with Gasteiger partial charge in [0.2, 0.25) is 0 Å². The van der Waals surface area contributed by atoms with E-state index in [1.807, 2.05) is 13.0 Å². The fourth-order valence-corrected chi connectivity index (χ4v) is 2.81. The Kier molecular flexibility index (Phi) is 5.80. The Morgan fingerprint density at radius 2 is 2.05 bits per heavy atom. The van der Waals surface area contributed by atoms with Crippen molar-refractivity contribution in [3.8, 4) is 0 Å². The van der Waals surface area contributed by atoms with Crippen molar-refractivity contribution in [3.63, 3.8) is 0 Å². The molecular formula is C16H27N3. The molecule has 3 heteroatoms. The normalized spacial score (nSPS) is 17.0. The number of likely N-dealkylation sites (N-methyl/N-ethyl adjacent to an activating group) is 1. The Balaban J connectivity index is 1.65. The highest BCUT2D eigenvalue weighted by atomic mass is 15.1. The number of nitrogens with one attached hydrogen (secondary N) is 1. The van der Waals surface area contributed by atoms with Gasteiger partial charge in [-0.3, -0.25) is 9.88 Å². The zero-order valence-electron chi connectivity index (χ0n) is 12.4. The number of aromatic nitrogens is 1. The topological polar surface area (TPSA) is 28.2 Å². The van der Waals surface area contributed by atoms with Gasteiger partial charge in [-0.15, -0.1) is 0 Å². The standard InChI is InChI=1S/C16H27N3/c1-14-7-6-10-16(18-14)13-19(2)12-11-17-15-8-4-3-5-9-15/h6-7,10,15,17H,3-5,8-9,11-13H2,1-2H3. The molecule has 106 valence electrons. The molecule has 0 bridgehead atoms. The first-order chi connectivity index (χ1) is 9.24. The van der Waals surface area contributed by atoms with E-state index in [1.54, 1.807) is 0 Å². The van der Waals surface area contributed by atoms with Crippen LogP contribution in [0.1, 0.15) is 43.5 Å². The van der Waals surface area contributed by atoms with Crippen LogP contribution < -0.4 is 5.32 Å². The third-order valence-electron chi connectivity index (χ3n) is 3.91. The van der Waals surface area contributed by atoms with Gasteiger partial charge in [0.05, 0.1) is 5.69 Å². The van der Waals surface area contributed by atoms with Gasteiger partial charge in [-0.1, -0.05) is 25.3 Å². The molecule has 0 saturated heterocycles. The predicted molar refractivity (Wildman–Crippen MR) is 80.2 cm³/mol. The van der Waals surface area contributed by atoms with E-state index in [1.165, 1.54) is 37.8 Å². The zero-order chi connectivity index (χ0) is 13.5. The molecule has 2 rings (SSSR count). The first kappa shape index (κ1) is 14.5. The van der Waals surface area contributed by atoms with Gasteiger partial charge in [-0.25, -0.2) is 0 Å². The highest BCUT2D eigenvalue weighted by Crippen LogP contribution is 2.17. The summed E-state index contributed by atoms with van der Waals surface area (Å²) in [6.45, 7) is 5.17. The van der Waals surface area contributed by atoms with E-state index in [-0.39, 0.29) is 0 Å². The first-order valence-corrected chi connectivity index (χ1v) is 7.58. The molecule has 0 unspecified atom stereocenters. The molecule has 0 aliphatic heterocycles. The fraction of sp³-hybridized carbons (Fsp3) is 0.688. The van der Waals surface area contributed by atoms with Crippen LogP contribution in [0, 0.1) is 6.92 Å². The summed E-state index contributed by atoms with van der Waals surface area (Å²) in [5.41, 5.74) is 2.27. The molecular weight excluding hydrogens is 234 g/mol. The quantitative estimate of drug-likeness (QED) is 0.853. The highest BCUT2D eigenvalue weighted by molar-refractivity contribution is 5.09. The molecule has 0 amide bonds. The maximum Gasteiger partial charge on any atom is 0.0547 e. The van der Waals surface area contributed by atoms with E-state index in [0.717, 1.165) is 31.4 Å². The van der Waals surface area contributed by atoms with E-state index >= 15 is 0 Å². The van der Waals surface area contributed by atoms with Gasteiger partial charge < -0.3 is 5.32 Å². The van der Waals surface area contributed by atoms with Crippen LogP contribution in [0.4, 0.5) is 0 Å². The number of aryl methyl sites for hydroxylation is 1. The van der Waals surface area contributed by atoms with E-state index in [2.05, 4.69) is 34.4 Å². The van der Waals surface area contributed by atoms with Crippen LogP contribution in [-0.2, 0) is 6.54 Å². The van der Waals surface area contributed by atoms with Crippen molar-refractivity contribution >= 4 is 0 Å².